The lowest BCUT2D eigenvalue weighted by Crippen LogP contribution is -2.60. The van der Waals surface area contributed by atoms with Crippen LogP contribution in [-0.4, -0.2) is 49.2 Å². The van der Waals surface area contributed by atoms with Gasteiger partial charge in [0.05, 0.1) is 0 Å². The zero-order valence-electron chi connectivity index (χ0n) is 9.78. The van der Waals surface area contributed by atoms with Crippen LogP contribution in [-0.2, 0) is 9.53 Å². The van der Waals surface area contributed by atoms with Crippen molar-refractivity contribution in [1.29, 1.82) is 0 Å². The second-order valence-corrected chi connectivity index (χ2v) is 4.43. The Morgan fingerprint density at radius 2 is 2.00 bits per heavy atom. The number of carbonyl (C=O) groups is 1. The minimum atomic E-state index is 0. The van der Waals surface area contributed by atoms with E-state index in [2.05, 4.69) is 5.32 Å². The summed E-state index contributed by atoms with van der Waals surface area (Å²) in [5.41, 5.74) is 0. The van der Waals surface area contributed by atoms with E-state index in [0.717, 1.165) is 13.1 Å². The van der Waals surface area contributed by atoms with Crippen molar-refractivity contribution in [3.05, 3.63) is 0 Å². The van der Waals surface area contributed by atoms with Crippen molar-refractivity contribution >= 4 is 18.3 Å². The number of piperazine rings is 1. The molecule has 1 N–H and O–H groups in total. The second-order valence-electron chi connectivity index (χ2n) is 4.43. The van der Waals surface area contributed by atoms with Crippen molar-refractivity contribution in [2.24, 2.45) is 0 Å². The highest BCUT2D eigenvalue weighted by molar-refractivity contribution is 5.85. The van der Waals surface area contributed by atoms with E-state index in [1.807, 2.05) is 11.8 Å². The van der Waals surface area contributed by atoms with Gasteiger partial charge in [0.25, 0.3) is 0 Å². The molecule has 0 aromatic heterocycles. The standard InChI is InChI=1S/C11H20N2O2.ClH/c1-2-15-8-11(14)13-6-9-4-3-5-10(7-13)12-9;/h9-10,12H,2-8H2,1H3;1H. The normalized spacial score (nSPS) is 28.4. The number of nitrogens with one attached hydrogen (secondary N) is 1. The maximum absolute atomic E-state index is 11.8. The Labute approximate surface area is 103 Å². The Hall–Kier alpha value is -0.320. The molecule has 0 aliphatic carbocycles. The Morgan fingerprint density at radius 1 is 1.38 bits per heavy atom. The number of amides is 1. The van der Waals surface area contributed by atoms with Crippen LogP contribution in [0.4, 0.5) is 0 Å². The third kappa shape index (κ3) is 3.34. The molecule has 0 aromatic rings. The first-order chi connectivity index (χ1) is 7.29. The molecule has 0 aromatic carbocycles. The maximum Gasteiger partial charge on any atom is 0.248 e. The average molecular weight is 249 g/mol. The van der Waals surface area contributed by atoms with E-state index in [0.29, 0.717) is 18.7 Å². The lowest BCUT2D eigenvalue weighted by atomic mass is 9.94. The highest BCUT2D eigenvalue weighted by Crippen LogP contribution is 2.19. The third-order valence-corrected chi connectivity index (χ3v) is 3.24. The van der Waals surface area contributed by atoms with E-state index in [1.165, 1.54) is 19.3 Å². The maximum atomic E-state index is 11.8. The SMILES string of the molecule is CCOCC(=O)N1CC2CCCC(C1)N2.Cl. The number of hydrogen-bond acceptors (Lipinski definition) is 3. The van der Waals surface area contributed by atoms with Crippen molar-refractivity contribution in [3.63, 3.8) is 0 Å². The molecule has 1 amide bonds. The van der Waals surface area contributed by atoms with Crippen molar-refractivity contribution in [3.8, 4) is 0 Å². The van der Waals surface area contributed by atoms with Gasteiger partial charge in [0.15, 0.2) is 0 Å². The predicted molar refractivity (Wildman–Crippen MR) is 64.9 cm³/mol. The molecule has 0 spiro atoms. The first-order valence-corrected chi connectivity index (χ1v) is 5.91. The number of ether oxygens (including phenoxy) is 1. The summed E-state index contributed by atoms with van der Waals surface area (Å²) in [7, 11) is 0. The van der Waals surface area contributed by atoms with Crippen LogP contribution in [0.1, 0.15) is 26.2 Å². The van der Waals surface area contributed by atoms with Crippen LogP contribution in [0.15, 0.2) is 0 Å². The predicted octanol–water partition coefficient (Wildman–Crippen LogP) is 0.798. The van der Waals surface area contributed by atoms with Gasteiger partial charge in [-0.1, -0.05) is 6.42 Å². The molecular weight excluding hydrogens is 228 g/mol. The molecule has 16 heavy (non-hydrogen) atoms. The zero-order valence-corrected chi connectivity index (χ0v) is 10.6. The van der Waals surface area contributed by atoms with Gasteiger partial charge in [0.1, 0.15) is 6.61 Å². The molecule has 2 atom stereocenters. The van der Waals surface area contributed by atoms with Crippen molar-refractivity contribution in [1.82, 2.24) is 10.2 Å². The summed E-state index contributed by atoms with van der Waals surface area (Å²) < 4.78 is 5.16. The third-order valence-electron chi connectivity index (χ3n) is 3.24. The smallest absolute Gasteiger partial charge is 0.248 e. The van der Waals surface area contributed by atoms with Crippen LogP contribution in [0.2, 0.25) is 0 Å². The fourth-order valence-electron chi connectivity index (χ4n) is 2.49. The summed E-state index contributed by atoms with van der Waals surface area (Å²) >= 11 is 0. The molecule has 2 saturated heterocycles. The summed E-state index contributed by atoms with van der Waals surface area (Å²) in [6.45, 7) is 4.51. The van der Waals surface area contributed by atoms with Gasteiger partial charge in [0.2, 0.25) is 5.91 Å². The highest BCUT2D eigenvalue weighted by atomic mass is 35.5. The number of rotatable bonds is 3. The van der Waals surface area contributed by atoms with Crippen LogP contribution in [0.3, 0.4) is 0 Å². The van der Waals surface area contributed by atoms with E-state index < -0.39 is 0 Å². The Kier molecular flexibility index (Phi) is 5.52. The molecule has 2 unspecified atom stereocenters. The Morgan fingerprint density at radius 3 is 2.56 bits per heavy atom. The fourth-order valence-corrected chi connectivity index (χ4v) is 2.49. The number of hydrogen-bond donors (Lipinski definition) is 1. The zero-order chi connectivity index (χ0) is 10.7. The van der Waals surface area contributed by atoms with Gasteiger partial charge in [-0.3, -0.25) is 4.79 Å². The van der Waals surface area contributed by atoms with E-state index in [9.17, 15) is 4.79 Å². The number of likely N-dealkylation sites (tertiary alicyclic amines) is 1. The number of fused-ring (bicyclic) bond motifs is 2. The van der Waals surface area contributed by atoms with Crippen LogP contribution in [0.5, 0.6) is 0 Å². The van der Waals surface area contributed by atoms with E-state index in [-0.39, 0.29) is 24.9 Å². The molecule has 0 saturated carbocycles. The molecule has 5 heteroatoms. The quantitative estimate of drug-likeness (QED) is 0.803. The van der Waals surface area contributed by atoms with Crippen LogP contribution in [0, 0.1) is 0 Å². The van der Waals surface area contributed by atoms with Crippen molar-refractivity contribution in [2.45, 2.75) is 38.3 Å². The molecule has 2 aliphatic rings. The topological polar surface area (TPSA) is 41.6 Å². The van der Waals surface area contributed by atoms with Gasteiger partial charge >= 0.3 is 0 Å². The largest absolute Gasteiger partial charge is 0.372 e. The number of piperidine rings is 1. The van der Waals surface area contributed by atoms with E-state index >= 15 is 0 Å². The molecule has 94 valence electrons. The molecule has 2 fully saturated rings. The fraction of sp³-hybridized carbons (Fsp3) is 0.909. The Bertz CT molecular complexity index is 226. The number of carbonyl (C=O) groups excluding carboxylic acids is 1. The molecule has 2 rings (SSSR count). The number of nitrogens with zero attached hydrogens (tertiary/aromatic N) is 1. The highest BCUT2D eigenvalue weighted by Gasteiger charge is 2.31. The lowest BCUT2D eigenvalue weighted by Gasteiger charge is -2.42. The van der Waals surface area contributed by atoms with Crippen LogP contribution >= 0.6 is 12.4 Å². The van der Waals surface area contributed by atoms with Gasteiger partial charge in [-0.15, -0.1) is 12.4 Å². The summed E-state index contributed by atoms with van der Waals surface area (Å²) in [5, 5.41) is 3.56. The Balaban J connectivity index is 0.00000128. The van der Waals surface area contributed by atoms with Crippen molar-refractivity contribution < 1.29 is 9.53 Å². The second kappa shape index (κ2) is 6.42. The average Bonchev–Trinajstić information content (AvgIpc) is 2.25. The monoisotopic (exact) mass is 248 g/mol. The summed E-state index contributed by atoms with van der Waals surface area (Å²) in [6.07, 6.45) is 3.71. The summed E-state index contributed by atoms with van der Waals surface area (Å²) in [5.74, 6) is 0.148. The number of halogens is 1. The molecule has 0 radical (unpaired) electrons. The minimum absolute atomic E-state index is 0. The first kappa shape index (κ1) is 13.7. The van der Waals surface area contributed by atoms with Crippen LogP contribution in [0.25, 0.3) is 0 Å². The lowest BCUT2D eigenvalue weighted by molar-refractivity contribution is -0.138. The van der Waals surface area contributed by atoms with Crippen molar-refractivity contribution in [2.75, 3.05) is 26.3 Å². The molecule has 4 nitrogen and oxygen atoms in total. The van der Waals surface area contributed by atoms with E-state index in [4.69, 9.17) is 4.74 Å². The van der Waals surface area contributed by atoms with Gasteiger partial charge in [0, 0.05) is 31.8 Å². The molecule has 2 bridgehead atoms. The van der Waals surface area contributed by atoms with Gasteiger partial charge in [-0.05, 0) is 19.8 Å². The van der Waals surface area contributed by atoms with Crippen LogP contribution < -0.4 is 5.32 Å². The van der Waals surface area contributed by atoms with Gasteiger partial charge in [-0.2, -0.15) is 0 Å². The minimum Gasteiger partial charge on any atom is -0.372 e. The summed E-state index contributed by atoms with van der Waals surface area (Å²) in [4.78, 5) is 13.7. The van der Waals surface area contributed by atoms with Gasteiger partial charge in [-0.25, -0.2) is 0 Å². The van der Waals surface area contributed by atoms with Gasteiger partial charge < -0.3 is 15.0 Å². The molecular formula is C11H21ClN2O2. The summed E-state index contributed by atoms with van der Waals surface area (Å²) in [6, 6.07) is 1.03. The molecule has 2 heterocycles. The molecule has 2 aliphatic heterocycles. The first-order valence-electron chi connectivity index (χ1n) is 5.91. The van der Waals surface area contributed by atoms with E-state index in [1.54, 1.807) is 0 Å².